The summed E-state index contributed by atoms with van der Waals surface area (Å²) in [6, 6.07) is 9.44. The van der Waals surface area contributed by atoms with Gasteiger partial charge in [0, 0.05) is 68.8 Å². The van der Waals surface area contributed by atoms with Gasteiger partial charge in [0.2, 0.25) is 5.95 Å². The molecule has 1 saturated heterocycles. The molecule has 2 bridgehead atoms. The van der Waals surface area contributed by atoms with E-state index in [1.807, 2.05) is 18.2 Å². The monoisotopic (exact) mass is 567 g/mol. The average Bonchev–Trinajstić information content (AvgIpc) is 3.26. The first-order valence-corrected chi connectivity index (χ1v) is 13.8. The molecule has 0 radical (unpaired) electrons. The Hall–Kier alpha value is -5.09. The predicted octanol–water partition coefficient (Wildman–Crippen LogP) is 1.61. The van der Waals surface area contributed by atoms with Gasteiger partial charge in [-0.3, -0.25) is 14.5 Å². The second kappa shape index (κ2) is 10.4. The van der Waals surface area contributed by atoms with E-state index in [0.717, 1.165) is 37.6 Å². The van der Waals surface area contributed by atoms with Crippen LogP contribution in [0.3, 0.4) is 0 Å². The van der Waals surface area contributed by atoms with Crippen molar-refractivity contribution in [2.24, 2.45) is 0 Å². The van der Waals surface area contributed by atoms with Crippen LogP contribution in [0.15, 0.2) is 41.3 Å². The lowest BCUT2D eigenvalue weighted by molar-refractivity contribution is -0.121. The number of nitrogens with one attached hydrogen (secondary N) is 1. The van der Waals surface area contributed by atoms with Gasteiger partial charge >= 0.3 is 0 Å². The van der Waals surface area contributed by atoms with Crippen LogP contribution in [0.1, 0.15) is 6.42 Å². The Labute approximate surface area is 241 Å². The van der Waals surface area contributed by atoms with E-state index in [-0.39, 0.29) is 24.6 Å². The second-order valence-corrected chi connectivity index (χ2v) is 10.4. The number of carbonyl (C=O) groups excluding carboxylic acids is 1. The normalized spacial score (nSPS) is 16.7. The van der Waals surface area contributed by atoms with Gasteiger partial charge in [-0.15, -0.1) is 0 Å². The molecule has 0 saturated carbocycles. The number of aromatic nitrogens is 5. The predicted molar refractivity (Wildman–Crippen MR) is 157 cm³/mol. The highest BCUT2D eigenvalue weighted by Crippen LogP contribution is 2.32. The highest BCUT2D eigenvalue weighted by molar-refractivity contribution is 5.96. The zero-order valence-electron chi connectivity index (χ0n) is 23.3. The first kappa shape index (κ1) is 25.8. The third kappa shape index (κ3) is 4.55. The number of carbonyl (C=O) groups is 1. The summed E-state index contributed by atoms with van der Waals surface area (Å²) in [6.07, 6.45) is 1.95. The van der Waals surface area contributed by atoms with E-state index in [1.165, 1.54) is 10.9 Å². The molecule has 13 heteroatoms. The van der Waals surface area contributed by atoms with Crippen molar-refractivity contribution in [3.63, 3.8) is 0 Å². The topological polar surface area (TPSA) is 123 Å². The number of rotatable bonds is 4. The van der Waals surface area contributed by atoms with Crippen LogP contribution in [-0.2, 0) is 11.3 Å². The maximum absolute atomic E-state index is 13.5. The van der Waals surface area contributed by atoms with Gasteiger partial charge < -0.3 is 24.6 Å². The van der Waals surface area contributed by atoms with Gasteiger partial charge in [0.05, 0.1) is 7.11 Å². The molecule has 3 aliphatic rings. The molecule has 6 heterocycles. The quantitative estimate of drug-likeness (QED) is 0.364. The molecule has 42 heavy (non-hydrogen) atoms. The molecule has 0 spiro atoms. The first-order valence-electron chi connectivity index (χ1n) is 13.8. The molecule has 3 aliphatic heterocycles. The van der Waals surface area contributed by atoms with Gasteiger partial charge in [-0.25, -0.2) is 19.3 Å². The number of hydrogen-bond acceptors (Lipinski definition) is 10. The number of nitrogens with zero attached hydrogens (tertiary/aromatic N) is 8. The number of amides is 1. The summed E-state index contributed by atoms with van der Waals surface area (Å²) in [5.41, 5.74) is 1.87. The summed E-state index contributed by atoms with van der Waals surface area (Å²) in [4.78, 5) is 46.3. The molecule has 7 rings (SSSR count). The molecular weight excluding hydrogens is 538 g/mol. The number of methoxy groups -OCH3 is 1. The fourth-order valence-corrected chi connectivity index (χ4v) is 5.42. The van der Waals surface area contributed by atoms with Gasteiger partial charge in [-0.2, -0.15) is 4.98 Å². The van der Waals surface area contributed by atoms with E-state index in [0.29, 0.717) is 53.1 Å². The van der Waals surface area contributed by atoms with Crippen molar-refractivity contribution in [3.05, 3.63) is 46.9 Å². The van der Waals surface area contributed by atoms with E-state index in [4.69, 9.17) is 19.4 Å². The Kier molecular flexibility index (Phi) is 6.39. The molecule has 4 aromatic rings. The molecule has 0 atom stereocenters. The second-order valence-electron chi connectivity index (χ2n) is 10.4. The Bertz CT molecular complexity index is 1830. The summed E-state index contributed by atoms with van der Waals surface area (Å²) in [7, 11) is 3.77. The number of anilines is 4. The molecular formula is C29H29N9O4. The third-order valence-corrected chi connectivity index (χ3v) is 7.69. The standard InChI is InChI=1S/C29H29N9O4/c1-34-10-12-35(13-11-34)20-14-19(15-21(16-20)41-2)31-29-30-17-22-26(33-29)38-24-7-6-23-27(32-24)36(25(39)18-42-23)8-4-3-5-9-37(38)28(22)40/h6-7,14-17H,4,8-13,18H2,1-2H3,(H,30,31,33). The number of ether oxygens (including phenoxy) is 2. The van der Waals surface area contributed by atoms with Crippen LogP contribution in [0.5, 0.6) is 11.5 Å². The summed E-state index contributed by atoms with van der Waals surface area (Å²) >= 11 is 0. The fraction of sp³-hybridized carbons (Fsp3) is 0.345. The molecule has 214 valence electrons. The number of benzene rings is 1. The van der Waals surface area contributed by atoms with E-state index in [2.05, 4.69) is 39.0 Å². The Morgan fingerprint density at radius 3 is 2.71 bits per heavy atom. The summed E-state index contributed by atoms with van der Waals surface area (Å²) in [6.45, 7) is 4.25. The highest BCUT2D eigenvalue weighted by Gasteiger charge is 2.28. The Morgan fingerprint density at radius 1 is 1.02 bits per heavy atom. The van der Waals surface area contributed by atoms with Crippen LogP contribution in [0.4, 0.5) is 23.1 Å². The van der Waals surface area contributed by atoms with Crippen molar-refractivity contribution >= 4 is 40.1 Å². The molecule has 1 amide bonds. The smallest absolute Gasteiger partial charge is 0.279 e. The van der Waals surface area contributed by atoms with Crippen molar-refractivity contribution in [1.29, 1.82) is 0 Å². The van der Waals surface area contributed by atoms with Gasteiger partial charge in [-0.1, -0.05) is 11.8 Å². The molecule has 0 unspecified atom stereocenters. The molecule has 0 aliphatic carbocycles. The van der Waals surface area contributed by atoms with Gasteiger partial charge in [-0.05, 0) is 25.2 Å². The molecule has 3 aromatic heterocycles. The van der Waals surface area contributed by atoms with Gasteiger partial charge in [0.1, 0.15) is 17.7 Å². The molecule has 1 fully saturated rings. The zero-order chi connectivity index (χ0) is 28.8. The van der Waals surface area contributed by atoms with E-state index < -0.39 is 0 Å². The van der Waals surface area contributed by atoms with E-state index >= 15 is 0 Å². The van der Waals surface area contributed by atoms with E-state index in [9.17, 15) is 9.59 Å². The third-order valence-electron chi connectivity index (χ3n) is 7.69. The first-order chi connectivity index (χ1) is 20.5. The SMILES string of the molecule is COc1cc(Nc2ncc3c(=O)n4n(c3n2)-c2ccc3c(n2)N(CCC#CC4)C(=O)CO3)cc(N2CCN(C)CC2)c1. The minimum atomic E-state index is -0.285. The average molecular weight is 568 g/mol. The summed E-state index contributed by atoms with van der Waals surface area (Å²) in [5, 5.41) is 3.62. The Balaban J connectivity index is 1.31. The Morgan fingerprint density at radius 2 is 1.88 bits per heavy atom. The van der Waals surface area contributed by atoms with Gasteiger partial charge in [0.15, 0.2) is 29.6 Å². The highest BCUT2D eigenvalue weighted by atomic mass is 16.5. The maximum atomic E-state index is 13.5. The molecule has 1 N–H and O–H groups in total. The lowest BCUT2D eigenvalue weighted by atomic mass is 10.2. The van der Waals surface area contributed by atoms with Crippen LogP contribution in [-0.4, -0.2) is 88.6 Å². The number of likely N-dealkylation sites (N-methyl/N-ethyl adjacent to an activating group) is 1. The van der Waals surface area contributed by atoms with Crippen molar-refractivity contribution < 1.29 is 14.3 Å². The lowest BCUT2D eigenvalue weighted by Crippen LogP contribution is -2.44. The fourth-order valence-electron chi connectivity index (χ4n) is 5.42. The van der Waals surface area contributed by atoms with Crippen LogP contribution in [0.25, 0.3) is 16.9 Å². The van der Waals surface area contributed by atoms with Crippen LogP contribution < -0.4 is 30.1 Å². The minimum Gasteiger partial charge on any atom is -0.497 e. The van der Waals surface area contributed by atoms with Crippen molar-refractivity contribution in [3.8, 4) is 29.2 Å². The minimum absolute atomic E-state index is 0.0539. The number of hydrogen-bond donors (Lipinski definition) is 1. The largest absolute Gasteiger partial charge is 0.497 e. The lowest BCUT2D eigenvalue weighted by Gasteiger charge is -2.34. The molecule has 13 nitrogen and oxygen atoms in total. The maximum Gasteiger partial charge on any atom is 0.279 e. The van der Waals surface area contributed by atoms with Crippen molar-refractivity contribution in [2.75, 3.05) is 68.6 Å². The summed E-state index contributed by atoms with van der Waals surface area (Å²) < 4.78 is 14.3. The van der Waals surface area contributed by atoms with Gasteiger partial charge in [0.25, 0.3) is 11.5 Å². The van der Waals surface area contributed by atoms with E-state index in [1.54, 1.807) is 28.8 Å². The summed E-state index contributed by atoms with van der Waals surface area (Å²) in [5.74, 6) is 8.27. The van der Waals surface area contributed by atoms with Crippen molar-refractivity contribution in [2.45, 2.75) is 13.0 Å². The van der Waals surface area contributed by atoms with Crippen molar-refractivity contribution in [1.82, 2.24) is 29.2 Å². The zero-order valence-corrected chi connectivity index (χ0v) is 23.3. The van der Waals surface area contributed by atoms with Crippen LogP contribution >= 0.6 is 0 Å². The van der Waals surface area contributed by atoms with Crippen LogP contribution in [0, 0.1) is 11.8 Å². The molecule has 1 aromatic carbocycles. The number of fused-ring (bicyclic) bond motifs is 5. The number of pyridine rings is 1. The number of piperazine rings is 1. The van der Waals surface area contributed by atoms with Crippen LogP contribution in [0.2, 0.25) is 0 Å².